The lowest BCUT2D eigenvalue weighted by molar-refractivity contribution is -0.146. The van der Waals surface area contributed by atoms with Crippen molar-refractivity contribution in [3.05, 3.63) is 57.6 Å². The summed E-state index contributed by atoms with van der Waals surface area (Å²) < 4.78 is 64.8. The highest BCUT2D eigenvalue weighted by Crippen LogP contribution is 2.36. The molecule has 3 atom stereocenters. The summed E-state index contributed by atoms with van der Waals surface area (Å²) in [7, 11) is 1.74. The topological polar surface area (TPSA) is 120 Å². The minimum atomic E-state index is -5.10. The Hall–Kier alpha value is -4.55. The van der Waals surface area contributed by atoms with E-state index in [1.807, 2.05) is 6.07 Å². The molecule has 0 spiro atoms. The van der Waals surface area contributed by atoms with Crippen molar-refractivity contribution in [2.75, 3.05) is 44.7 Å². The maximum atomic E-state index is 14.8. The van der Waals surface area contributed by atoms with Gasteiger partial charge in [0.1, 0.15) is 18.3 Å². The quantitative estimate of drug-likeness (QED) is 0.275. The van der Waals surface area contributed by atoms with Crippen LogP contribution in [0.1, 0.15) is 25.6 Å². The number of hydrogen-bond acceptors (Lipinski definition) is 9. The van der Waals surface area contributed by atoms with Gasteiger partial charge >= 0.3 is 12.2 Å². The van der Waals surface area contributed by atoms with Crippen molar-refractivity contribution in [2.24, 2.45) is 0 Å². The minimum absolute atomic E-state index is 0.0264. The predicted octanol–water partition coefficient (Wildman–Crippen LogP) is 4.37. The van der Waals surface area contributed by atoms with Gasteiger partial charge in [-0.15, -0.1) is 0 Å². The number of aromatic nitrogens is 4. The molecular formula is C31H29ClF4N8O3. The van der Waals surface area contributed by atoms with Gasteiger partial charge in [-0.3, -0.25) is 19.1 Å². The van der Waals surface area contributed by atoms with E-state index in [0.717, 1.165) is 0 Å². The Morgan fingerprint density at radius 3 is 2.49 bits per heavy atom. The fourth-order valence-corrected chi connectivity index (χ4v) is 6.59. The number of nitrogens with zero attached hydrogens (tertiary/aromatic N) is 8. The molecule has 6 rings (SSSR count). The number of benzene rings is 2. The van der Waals surface area contributed by atoms with Crippen molar-refractivity contribution in [1.82, 2.24) is 29.3 Å². The van der Waals surface area contributed by atoms with E-state index < -0.39 is 40.8 Å². The first kappa shape index (κ1) is 32.4. The van der Waals surface area contributed by atoms with E-state index >= 15 is 0 Å². The smallest absolute Gasteiger partial charge is 0.450 e. The van der Waals surface area contributed by atoms with Crippen LogP contribution in [0.15, 0.2) is 41.2 Å². The predicted molar refractivity (Wildman–Crippen MR) is 165 cm³/mol. The molecule has 16 heteroatoms. The zero-order valence-electron chi connectivity index (χ0n) is 25.3. The number of likely N-dealkylation sites (N-methyl/N-ethyl adjacent to an activating group) is 1. The fourth-order valence-electron chi connectivity index (χ4n) is 6.31. The molecule has 11 nitrogen and oxygen atoms in total. The van der Waals surface area contributed by atoms with Crippen LogP contribution in [0.25, 0.3) is 27.5 Å². The van der Waals surface area contributed by atoms with E-state index in [1.165, 1.54) is 30.0 Å². The summed E-state index contributed by atoms with van der Waals surface area (Å²) in [4.78, 5) is 44.1. The first-order valence-electron chi connectivity index (χ1n) is 14.8. The van der Waals surface area contributed by atoms with Gasteiger partial charge < -0.3 is 14.5 Å². The first-order chi connectivity index (χ1) is 22.4. The number of carbonyl (C=O) groups excluding carboxylic acids is 1. The molecule has 2 aliphatic rings. The van der Waals surface area contributed by atoms with Crippen LogP contribution in [0, 0.1) is 11.3 Å². The molecule has 2 aliphatic heterocycles. The number of carbonyl (C=O) groups is 1. The number of alkyl halides is 4. The Morgan fingerprint density at radius 1 is 1.09 bits per heavy atom. The first-order valence-corrected chi connectivity index (χ1v) is 15.2. The average molecular weight is 673 g/mol. The highest BCUT2D eigenvalue weighted by atomic mass is 35.5. The van der Waals surface area contributed by atoms with Crippen LogP contribution in [0.5, 0.6) is 6.01 Å². The van der Waals surface area contributed by atoms with Gasteiger partial charge in [0.25, 0.3) is 5.56 Å². The second-order valence-electron chi connectivity index (χ2n) is 11.6. The number of amides is 1. The second-order valence-corrected chi connectivity index (χ2v) is 12.0. The van der Waals surface area contributed by atoms with Crippen molar-refractivity contribution < 1.29 is 27.1 Å². The molecule has 4 aromatic rings. The zero-order valence-corrected chi connectivity index (χ0v) is 26.1. The summed E-state index contributed by atoms with van der Waals surface area (Å²) in [5.74, 6) is -1.90. The third-order valence-corrected chi connectivity index (χ3v) is 8.88. The van der Waals surface area contributed by atoms with Crippen LogP contribution in [-0.4, -0.2) is 93.3 Å². The standard InChI is InChI=1S/C31H29ClF4N8O3/c1-17(45)43-12-11-42(15-20(43)9-10-37)27-25-26(39-30(40-27)47-16-21-13-19(33)14-41(21)2)28(46)44(29(38-25)31(34,35)36)23-8-4-6-18-5-3-7-22(32)24(18)23/h3-8,19-21H,9,11-16H2,1-2H3/t19-,20+,21?/m1/s1. The van der Waals surface area contributed by atoms with Gasteiger partial charge in [-0.2, -0.15) is 28.4 Å². The van der Waals surface area contributed by atoms with E-state index in [9.17, 15) is 32.4 Å². The van der Waals surface area contributed by atoms with Crippen molar-refractivity contribution in [3.63, 3.8) is 0 Å². The van der Waals surface area contributed by atoms with E-state index in [2.05, 4.69) is 15.0 Å². The third-order valence-electron chi connectivity index (χ3n) is 8.56. The normalized spacial score (nSPS) is 20.6. The molecule has 0 bridgehead atoms. The van der Waals surface area contributed by atoms with Gasteiger partial charge in [0.05, 0.1) is 29.2 Å². The Labute approximate surface area is 270 Å². The Kier molecular flexibility index (Phi) is 8.66. The SMILES string of the molecule is CC(=O)N1CCN(c2nc(OCC3C[C@@H](F)CN3C)nc3c(=O)n(-c4cccc5cccc(Cl)c45)c(C(F)(F)F)nc23)C[C@@H]1CC#N. The zero-order chi connectivity index (χ0) is 33.6. The molecule has 2 fully saturated rings. The average Bonchev–Trinajstić information content (AvgIpc) is 3.35. The number of ether oxygens (including phenoxy) is 1. The largest absolute Gasteiger partial charge is 0.462 e. The van der Waals surface area contributed by atoms with Gasteiger partial charge in [-0.05, 0) is 31.0 Å². The van der Waals surface area contributed by atoms with Gasteiger partial charge in [0.15, 0.2) is 11.3 Å². The molecule has 2 saturated heterocycles. The number of fused-ring (bicyclic) bond motifs is 2. The van der Waals surface area contributed by atoms with Crippen LogP contribution in [0.2, 0.25) is 5.02 Å². The maximum Gasteiger partial charge on any atom is 0.450 e. The van der Waals surface area contributed by atoms with E-state index in [0.29, 0.717) is 9.95 Å². The minimum Gasteiger partial charge on any atom is -0.462 e. The molecule has 0 aliphatic carbocycles. The number of nitriles is 1. The summed E-state index contributed by atoms with van der Waals surface area (Å²) in [6.45, 7) is 1.82. The lowest BCUT2D eigenvalue weighted by Gasteiger charge is -2.40. The van der Waals surface area contributed by atoms with Gasteiger partial charge in [0.2, 0.25) is 11.7 Å². The Morgan fingerprint density at radius 2 is 1.83 bits per heavy atom. The van der Waals surface area contributed by atoms with E-state index in [1.54, 1.807) is 35.0 Å². The summed E-state index contributed by atoms with van der Waals surface area (Å²) in [5, 5.41) is 10.3. The molecule has 47 heavy (non-hydrogen) atoms. The summed E-state index contributed by atoms with van der Waals surface area (Å²) in [6.07, 6.45) is -6.00. The molecule has 246 valence electrons. The molecule has 0 radical (unpaired) electrons. The van der Waals surface area contributed by atoms with Crippen LogP contribution in [-0.2, 0) is 11.0 Å². The maximum absolute atomic E-state index is 14.8. The highest BCUT2D eigenvalue weighted by Gasteiger charge is 2.40. The van der Waals surface area contributed by atoms with Crippen molar-refractivity contribution in [3.8, 4) is 17.8 Å². The van der Waals surface area contributed by atoms with Gasteiger partial charge in [-0.1, -0.05) is 35.9 Å². The van der Waals surface area contributed by atoms with Crippen molar-refractivity contribution in [2.45, 2.75) is 44.2 Å². The van der Waals surface area contributed by atoms with Crippen molar-refractivity contribution >= 4 is 45.1 Å². The molecule has 2 aromatic heterocycles. The number of rotatable bonds is 6. The molecule has 2 aromatic carbocycles. The Balaban J connectivity index is 1.57. The van der Waals surface area contributed by atoms with E-state index in [4.69, 9.17) is 16.3 Å². The molecule has 4 heterocycles. The molecule has 1 unspecified atom stereocenters. The molecular weight excluding hydrogens is 644 g/mol. The lowest BCUT2D eigenvalue weighted by atomic mass is 10.1. The highest BCUT2D eigenvalue weighted by molar-refractivity contribution is 6.36. The van der Waals surface area contributed by atoms with Gasteiger partial charge in [0, 0.05) is 44.5 Å². The van der Waals surface area contributed by atoms with Crippen LogP contribution in [0.3, 0.4) is 0 Å². The Bertz CT molecular complexity index is 1960. The fraction of sp³-hybridized carbons (Fsp3) is 0.419. The summed E-state index contributed by atoms with van der Waals surface area (Å²) in [5.41, 5.74) is -2.16. The second kappa shape index (κ2) is 12.6. The number of anilines is 1. The lowest BCUT2D eigenvalue weighted by Crippen LogP contribution is -2.55. The third kappa shape index (κ3) is 6.15. The number of hydrogen-bond donors (Lipinski definition) is 0. The van der Waals surface area contributed by atoms with Crippen LogP contribution >= 0.6 is 11.6 Å². The number of piperazine rings is 1. The van der Waals surface area contributed by atoms with Gasteiger partial charge in [-0.25, -0.2) is 9.37 Å². The van der Waals surface area contributed by atoms with Crippen LogP contribution < -0.4 is 15.2 Å². The van der Waals surface area contributed by atoms with Crippen molar-refractivity contribution in [1.29, 1.82) is 5.26 Å². The molecule has 0 N–H and O–H groups in total. The summed E-state index contributed by atoms with van der Waals surface area (Å²) in [6, 6.07) is 10.1. The monoisotopic (exact) mass is 672 g/mol. The van der Waals surface area contributed by atoms with E-state index in [-0.39, 0.29) is 85.5 Å². The molecule has 1 amide bonds. The van der Waals surface area contributed by atoms with Crippen LogP contribution in [0.4, 0.5) is 23.4 Å². The summed E-state index contributed by atoms with van der Waals surface area (Å²) >= 11 is 6.45. The number of halogens is 5. The number of likely N-dealkylation sites (tertiary alicyclic amines) is 1. The molecule has 0 saturated carbocycles.